The van der Waals surface area contributed by atoms with Gasteiger partial charge in [0.1, 0.15) is 5.82 Å². The van der Waals surface area contributed by atoms with Crippen molar-refractivity contribution in [1.82, 2.24) is 14.8 Å². The van der Waals surface area contributed by atoms with E-state index in [-0.39, 0.29) is 17.4 Å². The van der Waals surface area contributed by atoms with Gasteiger partial charge in [-0.25, -0.2) is 0 Å². The van der Waals surface area contributed by atoms with E-state index in [0.29, 0.717) is 23.6 Å². The highest BCUT2D eigenvalue weighted by atomic mass is 32.2. The molecule has 0 atom stereocenters. The van der Waals surface area contributed by atoms with Gasteiger partial charge in [0.25, 0.3) is 0 Å². The first kappa shape index (κ1) is 17.5. The third kappa shape index (κ3) is 3.78. The van der Waals surface area contributed by atoms with Gasteiger partial charge in [-0.1, -0.05) is 42.1 Å². The van der Waals surface area contributed by atoms with Crippen LogP contribution in [0.5, 0.6) is 0 Å². The van der Waals surface area contributed by atoms with E-state index in [1.54, 1.807) is 18.2 Å². The van der Waals surface area contributed by atoms with E-state index in [4.69, 9.17) is 0 Å². The van der Waals surface area contributed by atoms with Crippen LogP contribution in [0.1, 0.15) is 27.3 Å². The van der Waals surface area contributed by atoms with Gasteiger partial charge >= 0.3 is 0 Å². The maximum Gasteiger partial charge on any atom is 0.228 e. The quantitative estimate of drug-likeness (QED) is 0.527. The summed E-state index contributed by atoms with van der Waals surface area (Å²) >= 11 is 1.37. The van der Waals surface area contributed by atoms with E-state index < -0.39 is 0 Å². The second-order valence-corrected chi connectivity index (χ2v) is 7.37. The van der Waals surface area contributed by atoms with E-state index in [1.807, 2.05) is 29.8 Å². The van der Waals surface area contributed by atoms with Gasteiger partial charge in [0, 0.05) is 24.7 Å². The maximum atomic E-state index is 12.5. The molecule has 3 aromatic rings. The smallest absolute Gasteiger partial charge is 0.228 e. The number of carbonyl (C=O) groups excluding carboxylic acids is 2. The molecule has 0 fully saturated rings. The minimum atomic E-state index is -0.0333. The highest BCUT2D eigenvalue weighted by Gasteiger charge is 2.19. The van der Waals surface area contributed by atoms with Crippen molar-refractivity contribution in [3.63, 3.8) is 0 Å². The molecule has 1 aliphatic heterocycles. The summed E-state index contributed by atoms with van der Waals surface area (Å²) in [5.74, 6) is 1.11. The summed E-state index contributed by atoms with van der Waals surface area (Å²) in [5.41, 5.74) is 3.45. The number of fused-ring (bicyclic) bond motifs is 1. The highest BCUT2D eigenvalue weighted by molar-refractivity contribution is 7.99. The molecule has 7 heteroatoms. The second-order valence-electron chi connectivity index (χ2n) is 6.43. The lowest BCUT2D eigenvalue weighted by Gasteiger charge is -2.05. The van der Waals surface area contributed by atoms with Crippen molar-refractivity contribution < 1.29 is 9.59 Å². The SMILES string of the molecule is Cn1c(Cc2ccccc2)nnc1SCC(=O)c1ccc2c(c1)CC(=O)N2. The molecule has 1 N–H and O–H groups in total. The molecule has 0 saturated heterocycles. The zero-order chi connectivity index (χ0) is 18.8. The number of benzene rings is 2. The van der Waals surface area contributed by atoms with Gasteiger partial charge in [-0.2, -0.15) is 0 Å². The number of hydrogen-bond acceptors (Lipinski definition) is 5. The Kier molecular flexibility index (Phi) is 4.77. The van der Waals surface area contributed by atoms with Crippen LogP contribution in [0.4, 0.5) is 5.69 Å². The Bertz CT molecular complexity index is 1010. The number of aromatic nitrogens is 3. The van der Waals surface area contributed by atoms with Gasteiger partial charge < -0.3 is 9.88 Å². The molecule has 136 valence electrons. The van der Waals surface area contributed by atoms with Gasteiger partial charge in [0.2, 0.25) is 5.91 Å². The lowest BCUT2D eigenvalue weighted by Crippen LogP contribution is -2.05. The van der Waals surface area contributed by atoms with Gasteiger partial charge in [-0.05, 0) is 29.3 Å². The Labute approximate surface area is 161 Å². The summed E-state index contributed by atoms with van der Waals surface area (Å²) in [5, 5.41) is 12.0. The number of thioether (sulfide) groups is 1. The summed E-state index contributed by atoms with van der Waals surface area (Å²) < 4.78 is 1.93. The number of Topliss-reactive ketones (excluding diaryl/α,β-unsaturated/α-hetero) is 1. The normalized spacial score (nSPS) is 12.7. The van der Waals surface area contributed by atoms with Crippen molar-refractivity contribution in [2.24, 2.45) is 7.05 Å². The molecule has 0 unspecified atom stereocenters. The van der Waals surface area contributed by atoms with Crippen LogP contribution in [-0.4, -0.2) is 32.2 Å². The fourth-order valence-electron chi connectivity index (χ4n) is 3.02. The highest BCUT2D eigenvalue weighted by Crippen LogP contribution is 2.25. The fourth-order valence-corrected chi connectivity index (χ4v) is 3.84. The monoisotopic (exact) mass is 378 g/mol. The molecular formula is C20H18N4O2S. The molecule has 0 aliphatic carbocycles. The topological polar surface area (TPSA) is 76.9 Å². The largest absolute Gasteiger partial charge is 0.326 e. The Balaban J connectivity index is 1.41. The van der Waals surface area contributed by atoms with Crippen molar-refractivity contribution >= 4 is 29.1 Å². The minimum Gasteiger partial charge on any atom is -0.326 e. The molecule has 0 spiro atoms. The van der Waals surface area contributed by atoms with Crippen LogP contribution in [0, 0.1) is 0 Å². The van der Waals surface area contributed by atoms with Crippen LogP contribution in [0.25, 0.3) is 0 Å². The fraction of sp³-hybridized carbons (Fsp3) is 0.200. The standard InChI is InChI=1S/C20H18N4O2S/c1-24-18(9-13-5-3-2-4-6-13)22-23-20(24)27-12-17(25)14-7-8-16-15(10-14)11-19(26)21-16/h2-8,10H,9,11-12H2,1H3,(H,21,26). The van der Waals surface area contributed by atoms with E-state index in [1.165, 1.54) is 17.3 Å². The molecule has 6 nitrogen and oxygen atoms in total. The van der Waals surface area contributed by atoms with Crippen LogP contribution in [-0.2, 0) is 24.7 Å². The molecule has 0 saturated carbocycles. The number of nitrogens with one attached hydrogen (secondary N) is 1. The molecule has 0 radical (unpaired) electrons. The number of rotatable bonds is 6. The van der Waals surface area contributed by atoms with Crippen LogP contribution >= 0.6 is 11.8 Å². The first-order valence-electron chi connectivity index (χ1n) is 8.61. The third-order valence-electron chi connectivity index (χ3n) is 4.51. The van der Waals surface area contributed by atoms with Crippen LogP contribution < -0.4 is 5.32 Å². The Hall–Kier alpha value is -2.93. The van der Waals surface area contributed by atoms with Crippen LogP contribution in [0.15, 0.2) is 53.7 Å². The number of nitrogens with zero attached hydrogens (tertiary/aromatic N) is 3. The average Bonchev–Trinajstić information content (AvgIpc) is 3.22. The molecule has 0 bridgehead atoms. The molecular weight excluding hydrogens is 360 g/mol. The zero-order valence-electron chi connectivity index (χ0n) is 14.8. The number of ketones is 1. The maximum absolute atomic E-state index is 12.5. The summed E-state index contributed by atoms with van der Waals surface area (Å²) in [4.78, 5) is 24.0. The molecule has 1 aliphatic rings. The van der Waals surface area contributed by atoms with Gasteiger partial charge in [0.15, 0.2) is 10.9 Å². The van der Waals surface area contributed by atoms with Gasteiger partial charge in [-0.15, -0.1) is 10.2 Å². The molecule has 2 heterocycles. The van der Waals surface area contributed by atoms with Crippen LogP contribution in [0.2, 0.25) is 0 Å². The van der Waals surface area contributed by atoms with E-state index >= 15 is 0 Å². The van der Waals surface area contributed by atoms with Crippen molar-refractivity contribution in [3.05, 3.63) is 71.0 Å². The predicted octanol–water partition coefficient (Wildman–Crippen LogP) is 2.88. The predicted molar refractivity (Wildman–Crippen MR) is 104 cm³/mol. The Morgan fingerprint density at radius 2 is 2.00 bits per heavy atom. The van der Waals surface area contributed by atoms with Crippen molar-refractivity contribution in [1.29, 1.82) is 0 Å². The van der Waals surface area contributed by atoms with Crippen molar-refractivity contribution in [2.75, 3.05) is 11.1 Å². The van der Waals surface area contributed by atoms with E-state index in [9.17, 15) is 9.59 Å². The number of amides is 1. The average molecular weight is 378 g/mol. The summed E-state index contributed by atoms with van der Waals surface area (Å²) in [6.07, 6.45) is 1.03. The summed E-state index contributed by atoms with van der Waals surface area (Å²) in [7, 11) is 1.91. The van der Waals surface area contributed by atoms with Crippen molar-refractivity contribution in [2.45, 2.75) is 18.0 Å². The van der Waals surface area contributed by atoms with E-state index in [2.05, 4.69) is 27.6 Å². The first-order valence-corrected chi connectivity index (χ1v) is 9.59. The Morgan fingerprint density at radius 3 is 2.81 bits per heavy atom. The van der Waals surface area contributed by atoms with Crippen LogP contribution in [0.3, 0.4) is 0 Å². The summed E-state index contributed by atoms with van der Waals surface area (Å²) in [6.45, 7) is 0. The molecule has 1 aromatic heterocycles. The number of hydrogen-bond donors (Lipinski definition) is 1. The van der Waals surface area contributed by atoms with Gasteiger partial charge in [0.05, 0.1) is 12.2 Å². The molecule has 27 heavy (non-hydrogen) atoms. The zero-order valence-corrected chi connectivity index (χ0v) is 15.6. The molecule has 1 amide bonds. The molecule has 2 aromatic carbocycles. The number of carbonyl (C=O) groups is 2. The number of anilines is 1. The Morgan fingerprint density at radius 1 is 1.19 bits per heavy atom. The van der Waals surface area contributed by atoms with Gasteiger partial charge in [-0.3, -0.25) is 9.59 Å². The minimum absolute atomic E-state index is 0.00904. The van der Waals surface area contributed by atoms with Crippen molar-refractivity contribution in [3.8, 4) is 0 Å². The third-order valence-corrected chi connectivity index (χ3v) is 5.54. The molecule has 4 rings (SSSR count). The first-order chi connectivity index (χ1) is 13.1. The lowest BCUT2D eigenvalue weighted by atomic mass is 10.1. The van der Waals surface area contributed by atoms with E-state index in [0.717, 1.165) is 17.1 Å². The lowest BCUT2D eigenvalue weighted by molar-refractivity contribution is -0.115. The second kappa shape index (κ2) is 7.36. The summed E-state index contributed by atoms with van der Waals surface area (Å²) in [6, 6.07) is 15.4.